The van der Waals surface area contributed by atoms with Crippen molar-refractivity contribution < 1.29 is 0 Å². The number of hydrogen-bond donors (Lipinski definition) is 1. The van der Waals surface area contributed by atoms with Crippen LogP contribution in [0.5, 0.6) is 0 Å². The molecular formula is C15H26N4. The molecule has 0 aromatic carbocycles. The standard InChI is InChI=1S/C15H26N4/c1-4-16-15-10-17-13(9-18-15)11-19(3)14-7-5-12(2)6-8-14/h9-10,12,14H,4-8,11H2,1-3H3,(H,16,18). The Hall–Kier alpha value is -1.16. The van der Waals surface area contributed by atoms with Gasteiger partial charge in [-0.25, -0.2) is 4.98 Å². The first-order valence-electron chi connectivity index (χ1n) is 7.44. The third kappa shape index (κ3) is 4.16. The molecule has 0 bridgehead atoms. The lowest BCUT2D eigenvalue weighted by Gasteiger charge is -2.33. The van der Waals surface area contributed by atoms with Crippen LogP contribution in [-0.2, 0) is 6.54 Å². The molecule has 0 spiro atoms. The van der Waals surface area contributed by atoms with Crippen LogP contribution in [0.3, 0.4) is 0 Å². The van der Waals surface area contributed by atoms with Gasteiger partial charge in [0.2, 0.25) is 0 Å². The third-order valence-electron chi connectivity index (χ3n) is 4.08. The Morgan fingerprint density at radius 2 is 1.95 bits per heavy atom. The van der Waals surface area contributed by atoms with Crippen LogP contribution in [0.4, 0.5) is 5.82 Å². The number of rotatable bonds is 5. The van der Waals surface area contributed by atoms with Gasteiger partial charge in [-0.3, -0.25) is 9.88 Å². The molecule has 0 aliphatic heterocycles. The van der Waals surface area contributed by atoms with E-state index in [9.17, 15) is 0 Å². The monoisotopic (exact) mass is 262 g/mol. The van der Waals surface area contributed by atoms with E-state index in [4.69, 9.17) is 0 Å². The first-order chi connectivity index (χ1) is 9.19. The van der Waals surface area contributed by atoms with Gasteiger partial charge in [-0.05, 0) is 45.6 Å². The first kappa shape index (κ1) is 14.3. The highest BCUT2D eigenvalue weighted by Crippen LogP contribution is 2.26. The average Bonchev–Trinajstić information content (AvgIpc) is 2.42. The second-order valence-corrected chi connectivity index (χ2v) is 5.75. The van der Waals surface area contributed by atoms with Crippen LogP contribution in [0, 0.1) is 5.92 Å². The Kier molecular flexibility index (Phi) is 5.14. The molecule has 1 saturated carbocycles. The van der Waals surface area contributed by atoms with Crippen molar-refractivity contribution in [3.8, 4) is 0 Å². The Morgan fingerprint density at radius 1 is 1.21 bits per heavy atom. The second-order valence-electron chi connectivity index (χ2n) is 5.75. The van der Waals surface area contributed by atoms with E-state index in [1.165, 1.54) is 25.7 Å². The minimum absolute atomic E-state index is 0.714. The summed E-state index contributed by atoms with van der Waals surface area (Å²) in [5.41, 5.74) is 1.06. The topological polar surface area (TPSA) is 41.1 Å². The minimum Gasteiger partial charge on any atom is -0.369 e. The molecule has 1 aromatic heterocycles. The molecule has 1 aliphatic carbocycles. The lowest BCUT2D eigenvalue weighted by atomic mass is 9.87. The quantitative estimate of drug-likeness (QED) is 0.886. The van der Waals surface area contributed by atoms with Crippen molar-refractivity contribution in [1.82, 2.24) is 14.9 Å². The van der Waals surface area contributed by atoms with Crippen molar-refractivity contribution in [3.05, 3.63) is 18.1 Å². The molecule has 0 radical (unpaired) electrons. The largest absolute Gasteiger partial charge is 0.369 e. The summed E-state index contributed by atoms with van der Waals surface area (Å²) in [4.78, 5) is 11.3. The number of anilines is 1. The van der Waals surface area contributed by atoms with Crippen molar-refractivity contribution in [1.29, 1.82) is 0 Å². The van der Waals surface area contributed by atoms with Crippen molar-refractivity contribution in [2.24, 2.45) is 5.92 Å². The van der Waals surface area contributed by atoms with Crippen molar-refractivity contribution in [2.75, 3.05) is 18.9 Å². The molecule has 1 heterocycles. The van der Waals surface area contributed by atoms with Gasteiger partial charge < -0.3 is 5.32 Å². The summed E-state index contributed by atoms with van der Waals surface area (Å²) in [6.07, 6.45) is 9.08. The highest BCUT2D eigenvalue weighted by molar-refractivity contribution is 5.30. The van der Waals surface area contributed by atoms with E-state index in [1.54, 1.807) is 0 Å². The summed E-state index contributed by atoms with van der Waals surface area (Å²) in [6, 6.07) is 0.714. The molecule has 0 atom stereocenters. The van der Waals surface area contributed by atoms with Crippen molar-refractivity contribution in [2.45, 2.75) is 52.1 Å². The molecule has 106 valence electrons. The van der Waals surface area contributed by atoms with Crippen LogP contribution in [0.15, 0.2) is 12.4 Å². The zero-order valence-corrected chi connectivity index (χ0v) is 12.4. The van der Waals surface area contributed by atoms with E-state index in [2.05, 4.69) is 41.1 Å². The van der Waals surface area contributed by atoms with Gasteiger partial charge in [0, 0.05) is 19.1 Å². The van der Waals surface area contributed by atoms with Crippen LogP contribution < -0.4 is 5.32 Å². The lowest BCUT2D eigenvalue weighted by molar-refractivity contribution is 0.162. The molecule has 0 saturated heterocycles. The molecule has 19 heavy (non-hydrogen) atoms. The predicted molar refractivity (Wildman–Crippen MR) is 79.1 cm³/mol. The molecule has 2 rings (SSSR count). The highest BCUT2D eigenvalue weighted by atomic mass is 15.1. The Labute approximate surface area is 116 Å². The first-order valence-corrected chi connectivity index (χ1v) is 7.44. The fourth-order valence-corrected chi connectivity index (χ4v) is 2.78. The zero-order valence-electron chi connectivity index (χ0n) is 12.4. The Balaban J connectivity index is 1.86. The molecule has 0 unspecified atom stereocenters. The predicted octanol–water partition coefficient (Wildman–Crippen LogP) is 2.92. The van der Waals surface area contributed by atoms with Gasteiger partial charge in [0.1, 0.15) is 5.82 Å². The van der Waals surface area contributed by atoms with Gasteiger partial charge in [0.25, 0.3) is 0 Å². The van der Waals surface area contributed by atoms with E-state index >= 15 is 0 Å². The van der Waals surface area contributed by atoms with Gasteiger partial charge in [-0.2, -0.15) is 0 Å². The van der Waals surface area contributed by atoms with Crippen LogP contribution in [0.2, 0.25) is 0 Å². The summed E-state index contributed by atoms with van der Waals surface area (Å²) in [5.74, 6) is 1.77. The number of hydrogen-bond acceptors (Lipinski definition) is 4. The van der Waals surface area contributed by atoms with Crippen LogP contribution in [-0.4, -0.2) is 34.5 Å². The molecule has 1 aromatic rings. The van der Waals surface area contributed by atoms with E-state index in [-0.39, 0.29) is 0 Å². The number of nitrogens with zero attached hydrogens (tertiary/aromatic N) is 3. The van der Waals surface area contributed by atoms with Gasteiger partial charge in [-0.15, -0.1) is 0 Å². The van der Waals surface area contributed by atoms with E-state index < -0.39 is 0 Å². The molecule has 1 aliphatic rings. The van der Waals surface area contributed by atoms with Crippen molar-refractivity contribution in [3.63, 3.8) is 0 Å². The Morgan fingerprint density at radius 3 is 2.53 bits per heavy atom. The zero-order chi connectivity index (χ0) is 13.7. The summed E-state index contributed by atoms with van der Waals surface area (Å²) in [5, 5.41) is 3.17. The fourth-order valence-electron chi connectivity index (χ4n) is 2.78. The average molecular weight is 262 g/mol. The highest BCUT2D eigenvalue weighted by Gasteiger charge is 2.21. The van der Waals surface area contributed by atoms with Gasteiger partial charge in [0.05, 0.1) is 18.1 Å². The smallest absolute Gasteiger partial charge is 0.144 e. The SMILES string of the molecule is CCNc1cnc(CN(C)C2CCC(C)CC2)cn1. The maximum atomic E-state index is 4.48. The summed E-state index contributed by atoms with van der Waals surface area (Å²) in [6.45, 7) is 6.21. The summed E-state index contributed by atoms with van der Waals surface area (Å²) >= 11 is 0. The van der Waals surface area contributed by atoms with Gasteiger partial charge in [-0.1, -0.05) is 6.92 Å². The summed E-state index contributed by atoms with van der Waals surface area (Å²) < 4.78 is 0. The molecule has 0 amide bonds. The lowest BCUT2D eigenvalue weighted by Crippen LogP contribution is -2.34. The van der Waals surface area contributed by atoms with E-state index in [1.807, 2.05) is 12.4 Å². The van der Waals surface area contributed by atoms with Crippen LogP contribution in [0.1, 0.15) is 45.2 Å². The van der Waals surface area contributed by atoms with Crippen LogP contribution in [0.25, 0.3) is 0 Å². The second kappa shape index (κ2) is 6.85. The molecular weight excluding hydrogens is 236 g/mol. The number of nitrogens with one attached hydrogen (secondary N) is 1. The van der Waals surface area contributed by atoms with E-state index in [0.29, 0.717) is 6.04 Å². The third-order valence-corrected chi connectivity index (χ3v) is 4.08. The maximum absolute atomic E-state index is 4.48. The van der Waals surface area contributed by atoms with E-state index in [0.717, 1.165) is 30.5 Å². The summed E-state index contributed by atoms with van der Waals surface area (Å²) in [7, 11) is 2.21. The van der Waals surface area contributed by atoms with Gasteiger partial charge >= 0.3 is 0 Å². The van der Waals surface area contributed by atoms with Crippen molar-refractivity contribution >= 4 is 5.82 Å². The maximum Gasteiger partial charge on any atom is 0.144 e. The number of aromatic nitrogens is 2. The molecule has 4 heteroatoms. The minimum atomic E-state index is 0.714. The normalized spacial score (nSPS) is 23.6. The molecule has 1 N–H and O–H groups in total. The van der Waals surface area contributed by atoms with Crippen LogP contribution >= 0.6 is 0 Å². The molecule has 4 nitrogen and oxygen atoms in total. The van der Waals surface area contributed by atoms with Gasteiger partial charge in [0.15, 0.2) is 0 Å². The molecule has 1 fully saturated rings. The fraction of sp³-hybridized carbons (Fsp3) is 0.733. The Bertz CT molecular complexity index is 368.